The van der Waals surface area contributed by atoms with Gasteiger partial charge in [-0.25, -0.2) is 4.98 Å². The molecule has 0 aliphatic rings. The lowest BCUT2D eigenvalue weighted by Crippen LogP contribution is -2.30. The van der Waals surface area contributed by atoms with Crippen LogP contribution in [0.2, 0.25) is 5.02 Å². The molecule has 146 valence electrons. The zero-order chi connectivity index (χ0) is 20.2. The lowest BCUT2D eigenvalue weighted by atomic mass is 10.1. The van der Waals surface area contributed by atoms with Gasteiger partial charge in [0.05, 0.1) is 22.5 Å². The SMILES string of the molecule is Cc1cc(Cl)cc2sc(N(Cc3ccccn3)C(=O)CCc3ccccc3)nc12. The van der Waals surface area contributed by atoms with Crippen molar-refractivity contribution in [2.24, 2.45) is 0 Å². The second-order valence-electron chi connectivity index (χ2n) is 6.85. The van der Waals surface area contributed by atoms with Crippen molar-refractivity contribution in [3.63, 3.8) is 0 Å². The van der Waals surface area contributed by atoms with Gasteiger partial charge in [-0.3, -0.25) is 14.7 Å². The lowest BCUT2D eigenvalue weighted by Gasteiger charge is -2.19. The number of aromatic nitrogens is 2. The molecule has 0 fully saturated rings. The number of aryl methyl sites for hydroxylation is 2. The Morgan fingerprint density at radius 2 is 1.90 bits per heavy atom. The zero-order valence-corrected chi connectivity index (χ0v) is 17.6. The highest BCUT2D eigenvalue weighted by Gasteiger charge is 2.21. The monoisotopic (exact) mass is 421 g/mol. The highest BCUT2D eigenvalue weighted by Crippen LogP contribution is 2.34. The zero-order valence-electron chi connectivity index (χ0n) is 16.0. The first-order valence-electron chi connectivity index (χ1n) is 9.41. The summed E-state index contributed by atoms with van der Waals surface area (Å²) in [4.78, 5) is 24.1. The van der Waals surface area contributed by atoms with Crippen molar-refractivity contribution in [3.05, 3.63) is 88.7 Å². The van der Waals surface area contributed by atoms with E-state index in [1.165, 1.54) is 11.3 Å². The van der Waals surface area contributed by atoms with Crippen LogP contribution in [0.4, 0.5) is 5.13 Å². The van der Waals surface area contributed by atoms with Crippen LogP contribution in [-0.2, 0) is 17.8 Å². The summed E-state index contributed by atoms with van der Waals surface area (Å²) in [7, 11) is 0. The van der Waals surface area contributed by atoms with Crippen molar-refractivity contribution < 1.29 is 4.79 Å². The number of benzene rings is 2. The van der Waals surface area contributed by atoms with Crippen LogP contribution in [0, 0.1) is 6.92 Å². The van der Waals surface area contributed by atoms with Gasteiger partial charge in [0.1, 0.15) is 0 Å². The maximum absolute atomic E-state index is 13.2. The largest absolute Gasteiger partial charge is 0.282 e. The molecule has 0 aliphatic heterocycles. The number of hydrogen-bond donors (Lipinski definition) is 0. The quantitative estimate of drug-likeness (QED) is 0.394. The molecule has 2 heterocycles. The van der Waals surface area contributed by atoms with E-state index >= 15 is 0 Å². The van der Waals surface area contributed by atoms with Crippen molar-refractivity contribution in [1.82, 2.24) is 9.97 Å². The molecule has 0 unspecified atom stereocenters. The molecule has 6 heteroatoms. The summed E-state index contributed by atoms with van der Waals surface area (Å²) < 4.78 is 0.979. The van der Waals surface area contributed by atoms with E-state index in [-0.39, 0.29) is 5.91 Å². The predicted octanol–water partition coefficient (Wildman–Crippen LogP) is 5.82. The number of nitrogens with zero attached hydrogens (tertiary/aromatic N) is 3. The highest BCUT2D eigenvalue weighted by atomic mass is 35.5. The smallest absolute Gasteiger partial charge is 0.229 e. The van der Waals surface area contributed by atoms with Crippen molar-refractivity contribution >= 4 is 44.2 Å². The maximum atomic E-state index is 13.2. The van der Waals surface area contributed by atoms with Crippen LogP contribution in [0.3, 0.4) is 0 Å². The van der Waals surface area contributed by atoms with Crippen LogP contribution in [0.25, 0.3) is 10.2 Å². The summed E-state index contributed by atoms with van der Waals surface area (Å²) in [5, 5.41) is 1.35. The Bertz CT molecular complexity index is 1130. The fourth-order valence-corrected chi connectivity index (χ4v) is 4.64. The van der Waals surface area contributed by atoms with Gasteiger partial charge in [-0.1, -0.05) is 59.3 Å². The molecule has 0 spiro atoms. The van der Waals surface area contributed by atoms with Crippen molar-refractivity contribution in [2.45, 2.75) is 26.3 Å². The van der Waals surface area contributed by atoms with E-state index in [0.717, 1.165) is 27.0 Å². The Hall–Kier alpha value is -2.76. The van der Waals surface area contributed by atoms with E-state index in [2.05, 4.69) is 4.98 Å². The molecular formula is C23H20ClN3OS. The number of hydrogen-bond acceptors (Lipinski definition) is 4. The molecule has 0 atom stereocenters. The van der Waals surface area contributed by atoms with Crippen LogP contribution >= 0.6 is 22.9 Å². The van der Waals surface area contributed by atoms with E-state index < -0.39 is 0 Å². The molecular weight excluding hydrogens is 402 g/mol. The first kappa shape index (κ1) is 19.6. The van der Waals surface area contributed by atoms with Gasteiger partial charge in [0.15, 0.2) is 5.13 Å². The number of thiazole rings is 1. The van der Waals surface area contributed by atoms with Crippen molar-refractivity contribution in [1.29, 1.82) is 0 Å². The minimum atomic E-state index is 0.0299. The summed E-state index contributed by atoms with van der Waals surface area (Å²) in [6, 6.07) is 19.6. The van der Waals surface area contributed by atoms with E-state index in [0.29, 0.717) is 29.5 Å². The number of anilines is 1. The van der Waals surface area contributed by atoms with Crippen LogP contribution in [0.15, 0.2) is 66.9 Å². The number of halogens is 1. The van der Waals surface area contributed by atoms with Gasteiger partial charge < -0.3 is 0 Å². The van der Waals surface area contributed by atoms with Gasteiger partial charge in [0.2, 0.25) is 5.91 Å². The molecule has 0 saturated carbocycles. The van der Waals surface area contributed by atoms with Crippen molar-refractivity contribution in [3.8, 4) is 0 Å². The lowest BCUT2D eigenvalue weighted by molar-refractivity contribution is -0.118. The standard InChI is InChI=1S/C23H20ClN3OS/c1-16-13-18(24)14-20-22(16)26-23(29-20)27(15-19-9-5-6-12-25-19)21(28)11-10-17-7-3-2-4-8-17/h2-9,12-14H,10-11,15H2,1H3. The number of fused-ring (bicyclic) bond motifs is 1. The fraction of sp³-hybridized carbons (Fsp3) is 0.174. The van der Waals surface area contributed by atoms with Crippen LogP contribution in [0.1, 0.15) is 23.2 Å². The second kappa shape index (κ2) is 8.72. The Morgan fingerprint density at radius 3 is 2.66 bits per heavy atom. The number of rotatable bonds is 6. The average Bonchev–Trinajstić information content (AvgIpc) is 3.16. The third-order valence-electron chi connectivity index (χ3n) is 4.69. The van der Waals surface area contributed by atoms with Crippen LogP contribution in [0.5, 0.6) is 0 Å². The molecule has 4 rings (SSSR count). The predicted molar refractivity (Wildman–Crippen MR) is 120 cm³/mol. The molecule has 0 saturated heterocycles. The Morgan fingerprint density at radius 1 is 1.10 bits per heavy atom. The molecule has 0 aliphatic carbocycles. The van der Waals surface area contributed by atoms with Crippen LogP contribution in [-0.4, -0.2) is 15.9 Å². The van der Waals surface area contributed by atoms with Crippen molar-refractivity contribution in [2.75, 3.05) is 4.90 Å². The van der Waals surface area contributed by atoms with E-state index in [1.54, 1.807) is 11.1 Å². The Kier molecular flexibility index (Phi) is 5.88. The molecule has 2 aromatic carbocycles. The summed E-state index contributed by atoms with van der Waals surface area (Å²) in [6.45, 7) is 2.37. The first-order valence-corrected chi connectivity index (χ1v) is 10.6. The minimum absolute atomic E-state index is 0.0299. The number of pyridine rings is 1. The van der Waals surface area contributed by atoms with Gasteiger partial charge in [-0.15, -0.1) is 0 Å². The second-order valence-corrected chi connectivity index (χ2v) is 8.30. The minimum Gasteiger partial charge on any atom is -0.282 e. The molecule has 0 N–H and O–H groups in total. The Balaban J connectivity index is 1.64. The Labute approximate surface area is 178 Å². The van der Waals surface area contributed by atoms with Gasteiger partial charge >= 0.3 is 0 Å². The molecule has 29 heavy (non-hydrogen) atoms. The number of carbonyl (C=O) groups is 1. The molecule has 1 amide bonds. The average molecular weight is 422 g/mol. The third-order valence-corrected chi connectivity index (χ3v) is 5.93. The summed E-state index contributed by atoms with van der Waals surface area (Å²) in [5.41, 5.74) is 3.86. The van der Waals surface area contributed by atoms with Crippen LogP contribution < -0.4 is 4.90 Å². The fourth-order valence-electron chi connectivity index (χ4n) is 3.21. The molecule has 2 aromatic heterocycles. The van der Waals surface area contributed by atoms with E-state index in [9.17, 15) is 4.79 Å². The normalized spacial score (nSPS) is 11.0. The summed E-state index contributed by atoms with van der Waals surface area (Å²) in [6.07, 6.45) is 2.84. The van der Waals surface area contributed by atoms with E-state index in [1.807, 2.05) is 67.6 Å². The molecule has 4 nitrogen and oxygen atoms in total. The molecule has 0 radical (unpaired) electrons. The van der Waals surface area contributed by atoms with Gasteiger partial charge in [0.25, 0.3) is 0 Å². The summed E-state index contributed by atoms with van der Waals surface area (Å²) >= 11 is 7.70. The summed E-state index contributed by atoms with van der Waals surface area (Å²) in [5.74, 6) is 0.0299. The topological polar surface area (TPSA) is 46.1 Å². The molecule has 0 bridgehead atoms. The number of carbonyl (C=O) groups excluding carboxylic acids is 1. The van der Waals surface area contributed by atoms with Gasteiger partial charge in [-0.05, 0) is 48.7 Å². The number of amides is 1. The third kappa shape index (κ3) is 4.63. The first-order chi connectivity index (χ1) is 14.1. The highest BCUT2D eigenvalue weighted by molar-refractivity contribution is 7.22. The van der Waals surface area contributed by atoms with Gasteiger partial charge in [0, 0.05) is 17.6 Å². The maximum Gasteiger partial charge on any atom is 0.229 e. The van der Waals surface area contributed by atoms with Gasteiger partial charge in [-0.2, -0.15) is 0 Å². The van der Waals surface area contributed by atoms with E-state index in [4.69, 9.17) is 16.6 Å². The molecule has 4 aromatic rings.